The first-order chi connectivity index (χ1) is 6.84. The molecule has 0 unspecified atom stereocenters. The number of para-hydroxylation sites is 1. The largest absolute Gasteiger partial charge is 0.281 e. The van der Waals surface area contributed by atoms with Crippen LogP contribution in [-0.4, -0.2) is 11.1 Å². The number of amides is 1. The molecule has 0 aliphatic carbocycles. The molecule has 0 aliphatic rings. The Morgan fingerprint density at radius 3 is 2.33 bits per heavy atom. The summed E-state index contributed by atoms with van der Waals surface area (Å²) in [6, 6.07) is 6.66. The Labute approximate surface area is 94.2 Å². The fourth-order valence-corrected chi connectivity index (χ4v) is 1.27. The van der Waals surface area contributed by atoms with Gasteiger partial charge in [0.15, 0.2) is 0 Å². The Morgan fingerprint density at radius 2 is 1.87 bits per heavy atom. The van der Waals surface area contributed by atoms with Gasteiger partial charge in [-0.25, -0.2) is 0 Å². The van der Waals surface area contributed by atoms with Gasteiger partial charge in [-0.2, -0.15) is 5.06 Å². The highest BCUT2D eigenvalue weighted by atomic mass is 35.5. The number of hydrogen-bond acceptors (Lipinski definition) is 2. The first-order valence-corrected chi connectivity index (χ1v) is 5.00. The molecule has 3 nitrogen and oxygen atoms in total. The summed E-state index contributed by atoms with van der Waals surface area (Å²) in [7, 11) is 0. The lowest BCUT2D eigenvalue weighted by atomic mass is 9.95. The van der Waals surface area contributed by atoms with Crippen molar-refractivity contribution >= 4 is 23.2 Å². The van der Waals surface area contributed by atoms with Crippen molar-refractivity contribution in [3.8, 4) is 0 Å². The molecule has 1 aromatic carbocycles. The molecular formula is C11H14ClNO2. The van der Waals surface area contributed by atoms with Crippen molar-refractivity contribution in [2.45, 2.75) is 20.8 Å². The van der Waals surface area contributed by atoms with Crippen molar-refractivity contribution in [1.82, 2.24) is 0 Å². The summed E-state index contributed by atoms with van der Waals surface area (Å²) in [4.78, 5) is 11.7. The number of carbonyl (C=O) groups is 1. The standard InChI is InChI=1S/C11H14ClNO2/c1-11(2,3)10(14)13(15)9-7-5-4-6-8(9)12/h4-7,15H,1-3H3. The minimum atomic E-state index is -0.645. The third-order valence-electron chi connectivity index (χ3n) is 1.91. The SMILES string of the molecule is CC(C)(C)C(=O)N(O)c1ccccc1Cl. The molecule has 0 bridgehead atoms. The zero-order chi connectivity index (χ0) is 11.6. The van der Waals surface area contributed by atoms with E-state index in [1.54, 1.807) is 45.0 Å². The van der Waals surface area contributed by atoms with Gasteiger partial charge < -0.3 is 0 Å². The predicted molar refractivity (Wildman–Crippen MR) is 60.2 cm³/mol. The average molecular weight is 228 g/mol. The summed E-state index contributed by atoms with van der Waals surface area (Å²) in [5.74, 6) is -0.393. The molecular weight excluding hydrogens is 214 g/mol. The van der Waals surface area contributed by atoms with Crippen LogP contribution in [0.5, 0.6) is 0 Å². The summed E-state index contributed by atoms with van der Waals surface area (Å²) >= 11 is 5.86. The number of carbonyl (C=O) groups excluding carboxylic acids is 1. The molecule has 15 heavy (non-hydrogen) atoms. The molecule has 1 aromatic rings. The number of hydroxylamine groups is 1. The molecule has 4 heteroatoms. The lowest BCUT2D eigenvalue weighted by Gasteiger charge is -2.24. The smallest absolute Gasteiger partial charge is 0.256 e. The van der Waals surface area contributed by atoms with Gasteiger partial charge in [0.25, 0.3) is 5.91 Å². The summed E-state index contributed by atoms with van der Waals surface area (Å²) < 4.78 is 0. The number of hydrogen-bond donors (Lipinski definition) is 1. The van der Waals surface area contributed by atoms with Gasteiger partial charge in [0.1, 0.15) is 0 Å². The van der Waals surface area contributed by atoms with Gasteiger partial charge in [0.2, 0.25) is 0 Å². The van der Waals surface area contributed by atoms with Crippen molar-refractivity contribution in [2.75, 3.05) is 5.06 Å². The van der Waals surface area contributed by atoms with Crippen LogP contribution in [-0.2, 0) is 4.79 Å². The molecule has 0 aromatic heterocycles. The predicted octanol–water partition coefficient (Wildman–Crippen LogP) is 3.11. The molecule has 0 fully saturated rings. The fraction of sp³-hybridized carbons (Fsp3) is 0.364. The first-order valence-electron chi connectivity index (χ1n) is 4.62. The lowest BCUT2D eigenvalue weighted by Crippen LogP contribution is -2.37. The van der Waals surface area contributed by atoms with Crippen LogP contribution in [0.3, 0.4) is 0 Å². The lowest BCUT2D eigenvalue weighted by molar-refractivity contribution is -0.131. The van der Waals surface area contributed by atoms with Crippen molar-refractivity contribution in [3.63, 3.8) is 0 Å². The number of anilines is 1. The van der Waals surface area contributed by atoms with E-state index in [9.17, 15) is 10.0 Å². The van der Waals surface area contributed by atoms with Gasteiger partial charge in [-0.15, -0.1) is 0 Å². The molecule has 0 saturated carbocycles. The van der Waals surface area contributed by atoms with Gasteiger partial charge in [0, 0.05) is 5.41 Å². The quantitative estimate of drug-likeness (QED) is 0.592. The minimum Gasteiger partial charge on any atom is -0.281 e. The van der Waals surface area contributed by atoms with Crippen LogP contribution in [0.2, 0.25) is 5.02 Å². The van der Waals surface area contributed by atoms with E-state index in [1.807, 2.05) is 0 Å². The van der Waals surface area contributed by atoms with E-state index in [0.29, 0.717) is 15.8 Å². The Balaban J connectivity index is 3.01. The molecule has 0 atom stereocenters. The van der Waals surface area contributed by atoms with Crippen molar-refractivity contribution < 1.29 is 10.0 Å². The van der Waals surface area contributed by atoms with Gasteiger partial charge >= 0.3 is 0 Å². The number of halogens is 1. The first kappa shape index (κ1) is 12.0. The number of benzene rings is 1. The summed E-state index contributed by atoms with van der Waals surface area (Å²) in [6.07, 6.45) is 0. The molecule has 0 radical (unpaired) electrons. The maximum atomic E-state index is 11.7. The van der Waals surface area contributed by atoms with Crippen LogP contribution in [0.25, 0.3) is 0 Å². The zero-order valence-electron chi connectivity index (χ0n) is 8.99. The average Bonchev–Trinajstić information content (AvgIpc) is 2.15. The van der Waals surface area contributed by atoms with Crippen molar-refractivity contribution in [3.05, 3.63) is 29.3 Å². The molecule has 82 valence electrons. The van der Waals surface area contributed by atoms with E-state index >= 15 is 0 Å². The zero-order valence-corrected chi connectivity index (χ0v) is 9.75. The maximum Gasteiger partial charge on any atom is 0.256 e. The molecule has 0 saturated heterocycles. The van der Waals surface area contributed by atoms with Gasteiger partial charge in [-0.1, -0.05) is 44.5 Å². The topological polar surface area (TPSA) is 40.5 Å². The Hall–Kier alpha value is -1.06. The van der Waals surface area contributed by atoms with Gasteiger partial charge in [-0.05, 0) is 12.1 Å². The van der Waals surface area contributed by atoms with Crippen molar-refractivity contribution in [1.29, 1.82) is 0 Å². The van der Waals surface area contributed by atoms with E-state index in [0.717, 1.165) is 0 Å². The summed E-state index contributed by atoms with van der Waals surface area (Å²) in [5, 5.41) is 10.6. The van der Waals surface area contributed by atoms with E-state index in [4.69, 9.17) is 11.6 Å². The fourth-order valence-electron chi connectivity index (χ4n) is 1.05. The van der Waals surface area contributed by atoms with E-state index in [-0.39, 0.29) is 0 Å². The van der Waals surface area contributed by atoms with E-state index in [1.165, 1.54) is 0 Å². The van der Waals surface area contributed by atoms with Crippen LogP contribution < -0.4 is 5.06 Å². The monoisotopic (exact) mass is 227 g/mol. The maximum absolute atomic E-state index is 11.7. The third kappa shape index (κ3) is 2.70. The minimum absolute atomic E-state index is 0.305. The summed E-state index contributed by atoms with van der Waals surface area (Å²) in [5.41, 5.74) is -0.340. The molecule has 0 spiro atoms. The number of rotatable bonds is 1. The molecule has 1 rings (SSSR count). The van der Waals surface area contributed by atoms with Crippen LogP contribution >= 0.6 is 11.6 Å². The van der Waals surface area contributed by atoms with Crippen LogP contribution in [0.15, 0.2) is 24.3 Å². The van der Waals surface area contributed by atoms with Crippen molar-refractivity contribution in [2.24, 2.45) is 5.41 Å². The van der Waals surface area contributed by atoms with Gasteiger partial charge in [-0.3, -0.25) is 10.0 Å². The van der Waals surface area contributed by atoms with Gasteiger partial charge in [0.05, 0.1) is 10.7 Å². The highest BCUT2D eigenvalue weighted by Gasteiger charge is 2.28. The van der Waals surface area contributed by atoms with E-state index in [2.05, 4.69) is 0 Å². The van der Waals surface area contributed by atoms with Crippen LogP contribution in [0, 0.1) is 5.41 Å². The summed E-state index contributed by atoms with van der Waals surface area (Å²) in [6.45, 7) is 5.19. The van der Waals surface area contributed by atoms with Crippen LogP contribution in [0.1, 0.15) is 20.8 Å². The molecule has 0 heterocycles. The van der Waals surface area contributed by atoms with E-state index < -0.39 is 11.3 Å². The second-order valence-electron chi connectivity index (χ2n) is 4.32. The van der Waals surface area contributed by atoms with Crippen LogP contribution in [0.4, 0.5) is 5.69 Å². The normalized spacial score (nSPS) is 11.3. The molecule has 1 amide bonds. The Morgan fingerprint density at radius 1 is 1.33 bits per heavy atom. The second-order valence-corrected chi connectivity index (χ2v) is 4.73. The highest BCUT2D eigenvalue weighted by Crippen LogP contribution is 2.27. The molecule has 0 aliphatic heterocycles. The number of nitrogens with zero attached hydrogens (tertiary/aromatic N) is 1. The Kier molecular flexibility index (Phi) is 3.37. The Bertz CT molecular complexity index is 371. The highest BCUT2D eigenvalue weighted by molar-refractivity contribution is 6.33. The third-order valence-corrected chi connectivity index (χ3v) is 2.23. The molecule has 1 N–H and O–H groups in total. The second kappa shape index (κ2) is 4.21.